The van der Waals surface area contributed by atoms with Gasteiger partial charge < -0.3 is 0 Å². The molecule has 0 amide bonds. The van der Waals surface area contributed by atoms with E-state index >= 15 is 0 Å². The molecule has 1 aromatic carbocycles. The summed E-state index contributed by atoms with van der Waals surface area (Å²) in [5.41, 5.74) is 1.97. The fourth-order valence-corrected chi connectivity index (χ4v) is 4.21. The second-order valence-electron chi connectivity index (χ2n) is 7.22. The third kappa shape index (κ3) is 5.64. The van der Waals surface area contributed by atoms with Crippen LogP contribution in [0.1, 0.15) is 99.9 Å². The molecule has 0 aromatic heterocycles. The summed E-state index contributed by atoms with van der Waals surface area (Å²) in [6.07, 6.45) is 13.6. The lowest BCUT2D eigenvalue weighted by molar-refractivity contribution is 0.101. The van der Waals surface area contributed by atoms with Crippen LogP contribution in [0.15, 0.2) is 18.2 Å². The van der Waals surface area contributed by atoms with E-state index in [2.05, 4.69) is 13.0 Å². The van der Waals surface area contributed by atoms with E-state index in [1.165, 1.54) is 69.8 Å². The van der Waals surface area contributed by atoms with E-state index in [1.807, 2.05) is 12.1 Å². The molecule has 23 heavy (non-hydrogen) atoms. The highest BCUT2D eigenvalue weighted by atomic mass is 35.5. The maximum absolute atomic E-state index is 11.5. The van der Waals surface area contributed by atoms with Gasteiger partial charge in [0.2, 0.25) is 0 Å². The quantitative estimate of drug-likeness (QED) is 0.363. The molecule has 0 radical (unpaired) electrons. The van der Waals surface area contributed by atoms with Crippen molar-refractivity contribution in [2.45, 2.75) is 84.0 Å². The molecule has 1 nitrogen and oxygen atoms in total. The largest absolute Gasteiger partial charge is 0.294 e. The van der Waals surface area contributed by atoms with Gasteiger partial charge >= 0.3 is 0 Å². The molecule has 1 saturated carbocycles. The zero-order valence-corrected chi connectivity index (χ0v) is 15.5. The van der Waals surface area contributed by atoms with Crippen LogP contribution in [0.25, 0.3) is 0 Å². The standard InChI is InChI=1S/C21H31ClO/c1-3-4-5-6-7-8-17-9-11-18(12-10-17)19-13-14-20(16(2)23)21(22)15-19/h13-15,17-18H,3-12H2,1-2H3/t17-,18-. The molecular weight excluding hydrogens is 304 g/mol. The maximum atomic E-state index is 11.5. The summed E-state index contributed by atoms with van der Waals surface area (Å²) in [5.74, 6) is 1.61. The summed E-state index contributed by atoms with van der Waals surface area (Å²) in [6, 6.07) is 6.03. The highest BCUT2D eigenvalue weighted by Crippen LogP contribution is 2.38. The van der Waals surface area contributed by atoms with Gasteiger partial charge in [0.1, 0.15) is 0 Å². The van der Waals surface area contributed by atoms with Crippen molar-refractivity contribution in [1.82, 2.24) is 0 Å². The summed E-state index contributed by atoms with van der Waals surface area (Å²) >= 11 is 6.26. The van der Waals surface area contributed by atoms with Gasteiger partial charge in [-0.05, 0) is 62.1 Å². The Labute approximate surface area is 146 Å². The SMILES string of the molecule is CCCCCCC[C@H]1CC[C@H](c2ccc(C(C)=O)c(Cl)c2)CC1. The minimum atomic E-state index is 0.0494. The summed E-state index contributed by atoms with van der Waals surface area (Å²) < 4.78 is 0. The first-order valence-electron chi connectivity index (χ1n) is 9.42. The molecule has 0 aliphatic heterocycles. The molecule has 0 spiro atoms. The molecule has 0 N–H and O–H groups in total. The van der Waals surface area contributed by atoms with Gasteiger partial charge in [-0.15, -0.1) is 0 Å². The monoisotopic (exact) mass is 334 g/mol. The zero-order valence-electron chi connectivity index (χ0n) is 14.7. The van der Waals surface area contributed by atoms with E-state index in [0.717, 1.165) is 5.92 Å². The molecule has 0 atom stereocenters. The van der Waals surface area contributed by atoms with Crippen molar-refractivity contribution in [2.75, 3.05) is 0 Å². The average molecular weight is 335 g/mol. The van der Waals surface area contributed by atoms with Gasteiger partial charge in [0, 0.05) is 5.56 Å². The zero-order chi connectivity index (χ0) is 16.7. The predicted molar refractivity (Wildman–Crippen MR) is 99.5 cm³/mol. The molecule has 1 aliphatic rings. The number of Topliss-reactive ketones (excluding diaryl/α,β-unsaturated/α-hetero) is 1. The molecule has 128 valence electrons. The molecule has 1 aromatic rings. The second-order valence-corrected chi connectivity index (χ2v) is 7.62. The average Bonchev–Trinajstić information content (AvgIpc) is 2.55. The Hall–Kier alpha value is -0.820. The van der Waals surface area contributed by atoms with Gasteiger partial charge in [-0.25, -0.2) is 0 Å². The summed E-state index contributed by atoms with van der Waals surface area (Å²) in [5, 5.41) is 0.619. The van der Waals surface area contributed by atoms with Crippen molar-refractivity contribution >= 4 is 17.4 Å². The van der Waals surface area contributed by atoms with Gasteiger partial charge in [0.15, 0.2) is 5.78 Å². The minimum Gasteiger partial charge on any atom is -0.294 e. The molecular formula is C21H31ClO. The van der Waals surface area contributed by atoms with Crippen LogP contribution in [0.5, 0.6) is 0 Å². The Morgan fingerprint density at radius 1 is 1.09 bits per heavy atom. The molecule has 1 aliphatic carbocycles. The van der Waals surface area contributed by atoms with E-state index in [4.69, 9.17) is 11.6 Å². The van der Waals surface area contributed by atoms with Crippen molar-refractivity contribution < 1.29 is 4.79 Å². The van der Waals surface area contributed by atoms with Gasteiger partial charge in [0.25, 0.3) is 0 Å². The number of benzene rings is 1. The number of hydrogen-bond acceptors (Lipinski definition) is 1. The van der Waals surface area contributed by atoms with E-state index in [1.54, 1.807) is 6.92 Å². The smallest absolute Gasteiger partial charge is 0.161 e. The first kappa shape index (κ1) is 18.5. The highest BCUT2D eigenvalue weighted by Gasteiger charge is 2.22. The minimum absolute atomic E-state index is 0.0494. The van der Waals surface area contributed by atoms with Gasteiger partial charge in [0.05, 0.1) is 5.02 Å². The molecule has 1 fully saturated rings. The fraction of sp³-hybridized carbons (Fsp3) is 0.667. The first-order valence-corrected chi connectivity index (χ1v) is 9.80. The predicted octanol–water partition coefficient (Wildman–Crippen LogP) is 7.18. The number of hydrogen-bond donors (Lipinski definition) is 0. The molecule has 0 heterocycles. The van der Waals surface area contributed by atoms with Crippen LogP contribution in [0.2, 0.25) is 5.02 Å². The maximum Gasteiger partial charge on any atom is 0.161 e. The van der Waals surface area contributed by atoms with Crippen molar-refractivity contribution in [2.24, 2.45) is 5.92 Å². The molecule has 0 unspecified atom stereocenters. The summed E-state index contributed by atoms with van der Waals surface area (Å²) in [6.45, 7) is 3.85. The van der Waals surface area contributed by atoms with E-state index < -0.39 is 0 Å². The van der Waals surface area contributed by atoms with Crippen molar-refractivity contribution in [3.63, 3.8) is 0 Å². The van der Waals surface area contributed by atoms with E-state index in [9.17, 15) is 4.79 Å². The fourth-order valence-electron chi connectivity index (χ4n) is 3.89. The van der Waals surface area contributed by atoms with Gasteiger partial charge in [-0.1, -0.05) is 63.1 Å². The van der Waals surface area contributed by atoms with Crippen molar-refractivity contribution in [3.8, 4) is 0 Å². The molecule has 2 rings (SSSR count). The van der Waals surface area contributed by atoms with Crippen LogP contribution in [-0.2, 0) is 0 Å². The first-order chi connectivity index (χ1) is 11.1. The topological polar surface area (TPSA) is 17.1 Å². The van der Waals surface area contributed by atoms with Crippen molar-refractivity contribution in [1.29, 1.82) is 0 Å². The van der Waals surface area contributed by atoms with E-state index in [0.29, 0.717) is 16.5 Å². The van der Waals surface area contributed by atoms with Crippen LogP contribution >= 0.6 is 11.6 Å². The van der Waals surface area contributed by atoms with Crippen LogP contribution in [0.3, 0.4) is 0 Å². The Bertz CT molecular complexity index is 501. The lowest BCUT2D eigenvalue weighted by atomic mass is 9.77. The Kier molecular flexibility index (Phi) is 7.62. The Morgan fingerprint density at radius 3 is 2.39 bits per heavy atom. The van der Waals surface area contributed by atoms with Crippen molar-refractivity contribution in [3.05, 3.63) is 34.3 Å². The lowest BCUT2D eigenvalue weighted by Gasteiger charge is -2.29. The number of ketones is 1. The van der Waals surface area contributed by atoms with Gasteiger partial charge in [-0.2, -0.15) is 0 Å². The lowest BCUT2D eigenvalue weighted by Crippen LogP contribution is -2.13. The van der Waals surface area contributed by atoms with Crippen LogP contribution < -0.4 is 0 Å². The highest BCUT2D eigenvalue weighted by molar-refractivity contribution is 6.33. The summed E-state index contributed by atoms with van der Waals surface area (Å²) in [4.78, 5) is 11.5. The number of unbranched alkanes of at least 4 members (excludes halogenated alkanes) is 4. The number of carbonyl (C=O) groups excluding carboxylic acids is 1. The Morgan fingerprint density at radius 2 is 1.78 bits per heavy atom. The van der Waals surface area contributed by atoms with Crippen LogP contribution in [0.4, 0.5) is 0 Å². The van der Waals surface area contributed by atoms with E-state index in [-0.39, 0.29) is 5.78 Å². The molecule has 2 heteroatoms. The number of carbonyl (C=O) groups is 1. The third-order valence-electron chi connectivity index (χ3n) is 5.41. The second kappa shape index (κ2) is 9.47. The molecule has 0 bridgehead atoms. The number of rotatable bonds is 8. The van der Waals surface area contributed by atoms with Crippen LogP contribution in [-0.4, -0.2) is 5.78 Å². The molecule has 0 saturated heterocycles. The number of halogens is 1. The van der Waals surface area contributed by atoms with Crippen LogP contribution in [0, 0.1) is 5.92 Å². The third-order valence-corrected chi connectivity index (χ3v) is 5.72. The summed E-state index contributed by atoms with van der Waals surface area (Å²) in [7, 11) is 0. The van der Waals surface area contributed by atoms with Gasteiger partial charge in [-0.3, -0.25) is 4.79 Å². The normalized spacial score (nSPS) is 21.3. The Balaban J connectivity index is 1.78.